The highest BCUT2D eigenvalue weighted by Gasteiger charge is 2.17. The van der Waals surface area contributed by atoms with Crippen LogP contribution in [0.2, 0.25) is 0 Å². The van der Waals surface area contributed by atoms with Crippen LogP contribution < -0.4 is 16.4 Å². The molecule has 5 rings (SSSR count). The molecule has 0 atom stereocenters. The molecule has 0 aliphatic carbocycles. The zero-order valence-corrected chi connectivity index (χ0v) is 19.7. The lowest BCUT2D eigenvalue weighted by Gasteiger charge is -2.07. The fourth-order valence-corrected chi connectivity index (χ4v) is 4.19. The second-order valence-electron chi connectivity index (χ2n) is 8.53. The van der Waals surface area contributed by atoms with Crippen LogP contribution >= 0.6 is 0 Å². The zero-order valence-electron chi connectivity index (χ0n) is 19.7. The molecular weight excluding hydrogens is 458 g/mol. The number of anilines is 1. The lowest BCUT2D eigenvalue weighted by atomic mass is 10.0. The van der Waals surface area contributed by atoms with E-state index in [1.807, 2.05) is 43.3 Å². The van der Waals surface area contributed by atoms with Gasteiger partial charge in [-0.2, -0.15) is 0 Å². The van der Waals surface area contributed by atoms with Crippen molar-refractivity contribution in [3.05, 3.63) is 84.0 Å². The third-order valence-corrected chi connectivity index (χ3v) is 6.09. The molecule has 8 nitrogen and oxygen atoms in total. The standard InChI is InChI=1S/C28H25N3O5/c1-3-19-16(2)13-36-28(19)31-27(33)10-26(32)30-12-18-5-7-25-21(9-18)23(15-35-25)22-14-34-24-6-4-17(11-29)8-20(22)24/h3-9,13-15H,1,10-12,29H2,2H3,(H,30,32)(H,31,33). The van der Waals surface area contributed by atoms with Gasteiger partial charge in [0.2, 0.25) is 17.7 Å². The first-order valence-corrected chi connectivity index (χ1v) is 11.4. The lowest BCUT2D eigenvalue weighted by Crippen LogP contribution is -2.27. The molecule has 0 saturated carbocycles. The molecule has 3 heterocycles. The summed E-state index contributed by atoms with van der Waals surface area (Å²) in [6.45, 7) is 6.25. The van der Waals surface area contributed by atoms with Gasteiger partial charge in [0.1, 0.15) is 17.6 Å². The number of aryl methyl sites for hydroxylation is 1. The van der Waals surface area contributed by atoms with Gasteiger partial charge in [-0.15, -0.1) is 0 Å². The van der Waals surface area contributed by atoms with E-state index in [1.54, 1.807) is 18.6 Å². The molecule has 5 aromatic rings. The number of furan rings is 3. The van der Waals surface area contributed by atoms with Gasteiger partial charge in [0.05, 0.1) is 18.8 Å². The maximum atomic E-state index is 12.4. The molecule has 0 bridgehead atoms. The Morgan fingerprint density at radius 1 is 0.917 bits per heavy atom. The first-order valence-electron chi connectivity index (χ1n) is 11.4. The van der Waals surface area contributed by atoms with E-state index in [0.29, 0.717) is 12.1 Å². The fraction of sp³-hybridized carbons (Fsp3) is 0.143. The molecule has 2 aromatic carbocycles. The molecule has 0 unspecified atom stereocenters. The minimum atomic E-state index is -0.471. The Bertz CT molecular complexity index is 1600. The lowest BCUT2D eigenvalue weighted by molar-refractivity contribution is -0.126. The number of carbonyl (C=O) groups is 2. The van der Waals surface area contributed by atoms with E-state index < -0.39 is 11.8 Å². The molecule has 0 fully saturated rings. The normalized spacial score (nSPS) is 11.2. The molecule has 0 radical (unpaired) electrons. The van der Waals surface area contributed by atoms with E-state index in [-0.39, 0.29) is 18.8 Å². The van der Waals surface area contributed by atoms with Crippen molar-refractivity contribution in [3.63, 3.8) is 0 Å². The number of rotatable bonds is 8. The van der Waals surface area contributed by atoms with Gasteiger partial charge in [0.15, 0.2) is 0 Å². The largest absolute Gasteiger partial charge is 0.464 e. The van der Waals surface area contributed by atoms with Gasteiger partial charge >= 0.3 is 0 Å². The highest BCUT2D eigenvalue weighted by atomic mass is 16.3. The summed E-state index contributed by atoms with van der Waals surface area (Å²) in [4.78, 5) is 24.7. The average Bonchev–Trinajstić information content (AvgIpc) is 3.58. The molecule has 0 saturated heterocycles. The smallest absolute Gasteiger partial charge is 0.236 e. The first kappa shape index (κ1) is 23.2. The highest BCUT2D eigenvalue weighted by molar-refractivity contribution is 6.04. The summed E-state index contributed by atoms with van der Waals surface area (Å²) in [5, 5.41) is 7.25. The number of nitrogens with one attached hydrogen (secondary N) is 2. The van der Waals surface area contributed by atoms with Gasteiger partial charge in [-0.25, -0.2) is 0 Å². The number of fused-ring (bicyclic) bond motifs is 2. The van der Waals surface area contributed by atoms with E-state index >= 15 is 0 Å². The molecule has 3 aromatic heterocycles. The van der Waals surface area contributed by atoms with Crippen molar-refractivity contribution in [1.29, 1.82) is 0 Å². The van der Waals surface area contributed by atoms with Crippen molar-refractivity contribution >= 4 is 45.7 Å². The minimum absolute atomic E-state index is 0.258. The number of benzene rings is 2. The van der Waals surface area contributed by atoms with Crippen molar-refractivity contribution in [3.8, 4) is 11.1 Å². The molecule has 4 N–H and O–H groups in total. The van der Waals surface area contributed by atoms with Crippen molar-refractivity contribution in [2.75, 3.05) is 5.32 Å². The average molecular weight is 484 g/mol. The number of amides is 2. The molecule has 182 valence electrons. The Morgan fingerprint density at radius 3 is 2.19 bits per heavy atom. The number of hydrogen-bond acceptors (Lipinski definition) is 6. The molecule has 0 spiro atoms. The predicted octanol–water partition coefficient (Wildman–Crippen LogP) is 5.49. The van der Waals surface area contributed by atoms with E-state index in [9.17, 15) is 9.59 Å². The van der Waals surface area contributed by atoms with E-state index in [2.05, 4.69) is 17.2 Å². The predicted molar refractivity (Wildman–Crippen MR) is 138 cm³/mol. The fourth-order valence-electron chi connectivity index (χ4n) is 4.19. The van der Waals surface area contributed by atoms with Crippen LogP contribution in [0.4, 0.5) is 5.88 Å². The van der Waals surface area contributed by atoms with Crippen molar-refractivity contribution in [1.82, 2.24) is 5.32 Å². The number of hydrogen-bond donors (Lipinski definition) is 3. The van der Waals surface area contributed by atoms with Crippen LogP contribution in [-0.4, -0.2) is 11.8 Å². The topological polar surface area (TPSA) is 124 Å². The Morgan fingerprint density at radius 2 is 1.56 bits per heavy atom. The monoisotopic (exact) mass is 483 g/mol. The summed E-state index contributed by atoms with van der Waals surface area (Å²) < 4.78 is 16.8. The van der Waals surface area contributed by atoms with Crippen LogP contribution in [0.1, 0.15) is 28.7 Å². The van der Waals surface area contributed by atoms with Gasteiger partial charge < -0.3 is 24.3 Å². The molecular formula is C28H25N3O5. The minimum Gasteiger partial charge on any atom is -0.464 e. The van der Waals surface area contributed by atoms with Gasteiger partial charge in [-0.1, -0.05) is 24.8 Å². The first-order chi connectivity index (χ1) is 17.5. The van der Waals surface area contributed by atoms with Gasteiger partial charge in [-0.3, -0.25) is 14.9 Å². The summed E-state index contributed by atoms with van der Waals surface area (Å²) in [7, 11) is 0. The zero-order chi connectivity index (χ0) is 25.2. The SMILES string of the molecule is C=Cc1c(C)coc1NC(=O)CC(=O)NCc1ccc2occ(-c3coc4ccc(CN)cc34)c2c1. The third kappa shape index (κ3) is 4.42. The van der Waals surface area contributed by atoms with E-state index in [4.69, 9.17) is 19.0 Å². The van der Waals surface area contributed by atoms with E-state index in [1.165, 1.54) is 6.26 Å². The van der Waals surface area contributed by atoms with Gasteiger partial charge in [0.25, 0.3) is 0 Å². The Kier molecular flexibility index (Phi) is 6.18. The number of carbonyl (C=O) groups excluding carboxylic acids is 2. The summed E-state index contributed by atoms with van der Waals surface area (Å²) in [5.74, 6) is -0.594. The summed E-state index contributed by atoms with van der Waals surface area (Å²) in [6.07, 6.45) is 6.19. The second kappa shape index (κ2) is 9.59. The van der Waals surface area contributed by atoms with Crippen LogP contribution in [0.15, 0.2) is 75.0 Å². The van der Waals surface area contributed by atoms with Crippen molar-refractivity contribution in [2.45, 2.75) is 26.4 Å². The maximum Gasteiger partial charge on any atom is 0.236 e. The van der Waals surface area contributed by atoms with Crippen LogP contribution in [0, 0.1) is 6.92 Å². The maximum absolute atomic E-state index is 12.4. The van der Waals surface area contributed by atoms with Crippen LogP contribution in [0.25, 0.3) is 39.1 Å². The summed E-state index contributed by atoms with van der Waals surface area (Å²) in [6, 6.07) is 11.6. The Hall–Kier alpha value is -4.56. The van der Waals surface area contributed by atoms with Crippen LogP contribution in [-0.2, 0) is 22.7 Å². The molecule has 0 aliphatic rings. The number of nitrogens with two attached hydrogens (primary N) is 1. The molecule has 36 heavy (non-hydrogen) atoms. The molecule has 2 amide bonds. The third-order valence-electron chi connectivity index (χ3n) is 6.09. The van der Waals surface area contributed by atoms with Gasteiger partial charge in [-0.05, 0) is 47.9 Å². The van der Waals surface area contributed by atoms with E-state index in [0.717, 1.165) is 49.8 Å². The van der Waals surface area contributed by atoms with Crippen LogP contribution in [0.3, 0.4) is 0 Å². The quantitative estimate of drug-likeness (QED) is 0.251. The van der Waals surface area contributed by atoms with Crippen molar-refractivity contribution < 1.29 is 22.8 Å². The molecule has 8 heteroatoms. The van der Waals surface area contributed by atoms with Crippen molar-refractivity contribution in [2.24, 2.45) is 5.73 Å². The Labute approximate surface area is 206 Å². The summed E-state index contributed by atoms with van der Waals surface area (Å²) >= 11 is 0. The second-order valence-corrected chi connectivity index (χ2v) is 8.53. The van der Waals surface area contributed by atoms with Gasteiger partial charge in [0, 0.05) is 40.6 Å². The van der Waals surface area contributed by atoms with Crippen LogP contribution in [0.5, 0.6) is 0 Å². The molecule has 0 aliphatic heterocycles. The summed E-state index contributed by atoms with van der Waals surface area (Å²) in [5.41, 5.74) is 12.5. The Balaban J connectivity index is 1.29. The highest BCUT2D eigenvalue weighted by Crippen LogP contribution is 2.37.